The number of esters is 4. The SMILES string of the molecule is CCCCCCCCCCCCCC(=O)OC[C@H](COP(=O)(O)OC[C@H](O)COP(=O)(O)OC[C@@H](COC(=O)CCCCCCCCCCCCCCCCC(C)CC)OC(=O)CCCCCCCCCCCCCCCCCC(C)C)OC(=O)CCCCCCCCCCC(C)CC. The van der Waals surface area contributed by atoms with E-state index in [1.54, 1.807) is 0 Å². The Labute approximate surface area is 607 Å². The number of phosphoric ester groups is 2. The van der Waals surface area contributed by atoms with E-state index in [9.17, 15) is 43.2 Å². The Morgan fingerprint density at radius 3 is 0.768 bits per heavy atom. The van der Waals surface area contributed by atoms with Gasteiger partial charge in [0.2, 0.25) is 0 Å². The van der Waals surface area contributed by atoms with Gasteiger partial charge in [0.25, 0.3) is 0 Å². The molecule has 3 N–H and O–H groups in total. The van der Waals surface area contributed by atoms with Crippen LogP contribution in [0.5, 0.6) is 0 Å². The molecular formula is C80H156O17P2. The zero-order chi connectivity index (χ0) is 73.0. The summed E-state index contributed by atoms with van der Waals surface area (Å²) in [6.07, 6.45) is 58.1. The summed E-state index contributed by atoms with van der Waals surface area (Å²) in [7, 11) is -9.92. The van der Waals surface area contributed by atoms with E-state index in [4.69, 9.17) is 37.0 Å². The zero-order valence-corrected chi connectivity index (χ0v) is 66.8. The second kappa shape index (κ2) is 70.4. The van der Waals surface area contributed by atoms with Crippen molar-refractivity contribution >= 4 is 39.5 Å². The highest BCUT2D eigenvalue weighted by atomic mass is 31.2. The van der Waals surface area contributed by atoms with Crippen molar-refractivity contribution in [2.24, 2.45) is 17.8 Å². The molecule has 7 atom stereocenters. The maximum absolute atomic E-state index is 13.1. The number of rotatable bonds is 78. The van der Waals surface area contributed by atoms with Crippen molar-refractivity contribution in [1.82, 2.24) is 0 Å². The van der Waals surface area contributed by atoms with Crippen LogP contribution in [0.25, 0.3) is 0 Å². The van der Waals surface area contributed by atoms with Crippen LogP contribution in [-0.2, 0) is 65.4 Å². The molecule has 0 aliphatic carbocycles. The van der Waals surface area contributed by atoms with Gasteiger partial charge < -0.3 is 33.8 Å². The zero-order valence-electron chi connectivity index (χ0n) is 65.0. The molecule has 0 aromatic carbocycles. The summed E-state index contributed by atoms with van der Waals surface area (Å²) < 4.78 is 68.7. The Hall–Kier alpha value is -1.94. The lowest BCUT2D eigenvalue weighted by Gasteiger charge is -2.21. The van der Waals surface area contributed by atoms with Crippen LogP contribution in [0.3, 0.4) is 0 Å². The molecule has 99 heavy (non-hydrogen) atoms. The molecule has 0 radical (unpaired) electrons. The van der Waals surface area contributed by atoms with Crippen molar-refractivity contribution < 1.29 is 80.2 Å². The van der Waals surface area contributed by atoms with E-state index in [1.165, 1.54) is 225 Å². The highest BCUT2D eigenvalue weighted by Gasteiger charge is 2.30. The van der Waals surface area contributed by atoms with Crippen LogP contribution >= 0.6 is 15.6 Å². The Kier molecular flexibility index (Phi) is 69.0. The van der Waals surface area contributed by atoms with Gasteiger partial charge in [0.15, 0.2) is 12.2 Å². The van der Waals surface area contributed by atoms with Gasteiger partial charge in [-0.25, -0.2) is 9.13 Å². The molecule has 0 spiro atoms. The molecule has 0 heterocycles. The van der Waals surface area contributed by atoms with Gasteiger partial charge in [0.1, 0.15) is 19.3 Å². The normalized spacial score (nSPS) is 14.5. The van der Waals surface area contributed by atoms with E-state index in [1.807, 2.05) is 0 Å². The van der Waals surface area contributed by atoms with Crippen molar-refractivity contribution in [2.75, 3.05) is 39.6 Å². The van der Waals surface area contributed by atoms with E-state index in [0.717, 1.165) is 108 Å². The van der Waals surface area contributed by atoms with Crippen molar-refractivity contribution in [3.63, 3.8) is 0 Å². The fourth-order valence-corrected chi connectivity index (χ4v) is 13.8. The number of aliphatic hydroxyl groups excluding tert-OH is 1. The predicted octanol–water partition coefficient (Wildman–Crippen LogP) is 23.7. The van der Waals surface area contributed by atoms with Crippen LogP contribution in [0, 0.1) is 17.8 Å². The molecule has 0 amide bonds. The Balaban J connectivity index is 5.25. The topological polar surface area (TPSA) is 237 Å². The summed E-state index contributed by atoms with van der Waals surface area (Å²) in [4.78, 5) is 73.0. The maximum atomic E-state index is 13.1. The summed E-state index contributed by atoms with van der Waals surface area (Å²) in [5.74, 6) is 0.310. The summed E-state index contributed by atoms with van der Waals surface area (Å²) in [5.41, 5.74) is 0. The van der Waals surface area contributed by atoms with Crippen LogP contribution in [-0.4, -0.2) is 96.7 Å². The first kappa shape index (κ1) is 97.1. The standard InChI is InChI=1S/C80H156O17P2/c1-8-11-12-13-14-15-25-32-40-47-54-61-77(82)90-68-76(97-80(85)64-57-50-43-36-35-39-46-53-60-73(7)10-3)70-95-99(88,89)93-66-74(81)65-92-98(86,87)94-69-75(96-79(84)63-56-49-42-34-29-24-18-16-17-21-26-30-37-44-51-58-71(4)5)67-91-78(83)62-55-48-41-33-28-23-20-19-22-27-31-38-45-52-59-72(6)9-2/h71-76,81H,8-70H2,1-7H3,(H,86,87)(H,88,89)/t72?,73?,74-,75-,76-/m1/s1. The molecule has 0 saturated carbocycles. The van der Waals surface area contributed by atoms with Crippen LogP contribution in [0.4, 0.5) is 0 Å². The number of hydrogen-bond donors (Lipinski definition) is 3. The molecule has 0 saturated heterocycles. The number of carbonyl (C=O) groups is 4. The third-order valence-corrected chi connectivity index (χ3v) is 21.3. The Morgan fingerprint density at radius 2 is 0.515 bits per heavy atom. The maximum Gasteiger partial charge on any atom is 0.472 e. The molecule has 19 heteroatoms. The van der Waals surface area contributed by atoms with Gasteiger partial charge in [-0.15, -0.1) is 0 Å². The van der Waals surface area contributed by atoms with Crippen molar-refractivity contribution in [3.05, 3.63) is 0 Å². The lowest BCUT2D eigenvalue weighted by atomic mass is 9.99. The lowest BCUT2D eigenvalue weighted by Crippen LogP contribution is -2.30. The molecule has 4 unspecified atom stereocenters. The highest BCUT2D eigenvalue weighted by Crippen LogP contribution is 2.45. The molecule has 0 aliphatic heterocycles. The van der Waals surface area contributed by atoms with Gasteiger partial charge >= 0.3 is 39.5 Å². The molecule has 0 aromatic rings. The van der Waals surface area contributed by atoms with Crippen LogP contribution in [0.2, 0.25) is 0 Å². The smallest absolute Gasteiger partial charge is 0.462 e. The number of phosphoric acid groups is 2. The fraction of sp³-hybridized carbons (Fsp3) is 0.950. The third-order valence-electron chi connectivity index (χ3n) is 19.4. The van der Waals surface area contributed by atoms with Crippen molar-refractivity contribution in [2.45, 2.75) is 433 Å². The van der Waals surface area contributed by atoms with Crippen LogP contribution < -0.4 is 0 Å². The average molecular weight is 1450 g/mol. The van der Waals surface area contributed by atoms with Gasteiger partial charge in [-0.05, 0) is 43.4 Å². The third kappa shape index (κ3) is 71.5. The molecule has 0 bridgehead atoms. The first-order valence-corrected chi connectivity index (χ1v) is 44.4. The van der Waals surface area contributed by atoms with Gasteiger partial charge in [-0.2, -0.15) is 0 Å². The number of unbranched alkanes of at least 4 members (excludes halogenated alkanes) is 44. The summed E-state index contributed by atoms with van der Waals surface area (Å²) in [5, 5.41) is 10.6. The minimum atomic E-state index is -4.96. The lowest BCUT2D eigenvalue weighted by molar-refractivity contribution is -0.161. The second-order valence-electron chi connectivity index (χ2n) is 29.8. The van der Waals surface area contributed by atoms with E-state index in [2.05, 4.69) is 48.5 Å². The second-order valence-corrected chi connectivity index (χ2v) is 32.7. The highest BCUT2D eigenvalue weighted by molar-refractivity contribution is 7.47. The number of hydrogen-bond acceptors (Lipinski definition) is 15. The molecule has 0 aromatic heterocycles. The quantitative estimate of drug-likeness (QED) is 0.0222. The fourth-order valence-electron chi connectivity index (χ4n) is 12.2. The van der Waals surface area contributed by atoms with E-state index >= 15 is 0 Å². The number of carbonyl (C=O) groups excluding carboxylic acids is 4. The Morgan fingerprint density at radius 1 is 0.293 bits per heavy atom. The largest absolute Gasteiger partial charge is 0.472 e. The predicted molar refractivity (Wildman–Crippen MR) is 405 cm³/mol. The van der Waals surface area contributed by atoms with Crippen LogP contribution in [0.1, 0.15) is 414 Å². The minimum absolute atomic E-state index is 0.105. The summed E-state index contributed by atoms with van der Waals surface area (Å²) in [6.45, 7) is 12.0. The first-order chi connectivity index (χ1) is 47.8. The van der Waals surface area contributed by atoms with Crippen LogP contribution in [0.15, 0.2) is 0 Å². The Bertz CT molecular complexity index is 1930. The number of ether oxygens (including phenoxy) is 4. The molecule has 0 aliphatic rings. The van der Waals surface area contributed by atoms with Gasteiger partial charge in [-0.3, -0.25) is 37.3 Å². The van der Waals surface area contributed by atoms with Crippen molar-refractivity contribution in [3.8, 4) is 0 Å². The first-order valence-electron chi connectivity index (χ1n) is 41.4. The van der Waals surface area contributed by atoms with E-state index in [-0.39, 0.29) is 25.7 Å². The molecule has 588 valence electrons. The van der Waals surface area contributed by atoms with Gasteiger partial charge in [-0.1, -0.05) is 363 Å². The molecule has 0 fully saturated rings. The average Bonchev–Trinajstić information content (AvgIpc) is 0.961. The van der Waals surface area contributed by atoms with Gasteiger partial charge in [0, 0.05) is 25.7 Å². The molecular weight excluding hydrogens is 1290 g/mol. The van der Waals surface area contributed by atoms with E-state index in [0.29, 0.717) is 25.7 Å². The summed E-state index contributed by atoms with van der Waals surface area (Å²) >= 11 is 0. The monoisotopic (exact) mass is 1450 g/mol. The van der Waals surface area contributed by atoms with E-state index < -0.39 is 97.5 Å². The molecule has 0 rings (SSSR count). The number of aliphatic hydroxyl groups is 1. The van der Waals surface area contributed by atoms with Crippen molar-refractivity contribution in [1.29, 1.82) is 0 Å². The minimum Gasteiger partial charge on any atom is -0.462 e. The summed E-state index contributed by atoms with van der Waals surface area (Å²) in [6, 6.07) is 0. The van der Waals surface area contributed by atoms with Gasteiger partial charge in [0.05, 0.1) is 26.4 Å². The molecule has 17 nitrogen and oxygen atoms in total.